The van der Waals surface area contributed by atoms with Crippen molar-refractivity contribution in [2.45, 2.75) is 24.7 Å². The third-order valence-corrected chi connectivity index (χ3v) is 6.93. The molecule has 2 heterocycles. The number of hydrogen-bond donors (Lipinski definition) is 1. The zero-order valence-corrected chi connectivity index (χ0v) is 18.3. The standard InChI is InChI=1S/C17H20N6O5S2/c1-10(2)15(24)19-16-20-21-17(29-16)30(25,26)23(3)9-13-18-14(22-28-13)11-6-5-7-12(8-11)27-4/h5-8,10H,9H2,1-4H3,(H,19,20,24). The Morgan fingerprint density at radius 3 is 2.80 bits per heavy atom. The maximum absolute atomic E-state index is 12.7. The van der Waals surface area contributed by atoms with Gasteiger partial charge in [-0.05, 0) is 12.1 Å². The van der Waals surface area contributed by atoms with E-state index in [1.165, 1.54) is 7.05 Å². The summed E-state index contributed by atoms with van der Waals surface area (Å²) in [4.78, 5) is 16.0. The van der Waals surface area contributed by atoms with Crippen LogP contribution in [0.5, 0.6) is 5.75 Å². The monoisotopic (exact) mass is 452 g/mol. The van der Waals surface area contributed by atoms with Crippen molar-refractivity contribution in [2.75, 3.05) is 19.5 Å². The molecular formula is C17H20N6O5S2. The number of amides is 1. The fourth-order valence-corrected chi connectivity index (χ4v) is 4.43. The zero-order valence-electron chi connectivity index (χ0n) is 16.7. The van der Waals surface area contributed by atoms with E-state index in [1.54, 1.807) is 45.2 Å². The Balaban J connectivity index is 1.72. The van der Waals surface area contributed by atoms with E-state index in [1.807, 2.05) is 0 Å². The lowest BCUT2D eigenvalue weighted by Crippen LogP contribution is -2.26. The van der Waals surface area contributed by atoms with Crippen molar-refractivity contribution in [3.05, 3.63) is 30.2 Å². The predicted octanol–water partition coefficient (Wildman–Crippen LogP) is 2.01. The first-order valence-corrected chi connectivity index (χ1v) is 11.0. The van der Waals surface area contributed by atoms with Crippen molar-refractivity contribution in [1.82, 2.24) is 24.6 Å². The van der Waals surface area contributed by atoms with E-state index in [-0.39, 0.29) is 33.7 Å². The second kappa shape index (κ2) is 8.85. The molecule has 0 unspecified atom stereocenters. The van der Waals surface area contributed by atoms with Crippen molar-refractivity contribution < 1.29 is 22.5 Å². The highest BCUT2D eigenvalue weighted by atomic mass is 32.2. The molecule has 0 saturated heterocycles. The summed E-state index contributed by atoms with van der Waals surface area (Å²) >= 11 is 0.766. The van der Waals surface area contributed by atoms with Crippen LogP contribution in [0.15, 0.2) is 33.1 Å². The maximum atomic E-state index is 12.7. The number of carbonyl (C=O) groups excluding carboxylic acids is 1. The molecule has 1 amide bonds. The van der Waals surface area contributed by atoms with Gasteiger partial charge in [0.15, 0.2) is 0 Å². The Morgan fingerprint density at radius 1 is 1.33 bits per heavy atom. The molecule has 2 aromatic heterocycles. The summed E-state index contributed by atoms with van der Waals surface area (Å²) in [7, 11) is -1.05. The average Bonchev–Trinajstić information content (AvgIpc) is 3.38. The molecule has 0 fully saturated rings. The summed E-state index contributed by atoms with van der Waals surface area (Å²) in [5, 5.41) is 13.9. The zero-order chi connectivity index (χ0) is 21.9. The van der Waals surface area contributed by atoms with Crippen molar-refractivity contribution in [3.63, 3.8) is 0 Å². The molecule has 30 heavy (non-hydrogen) atoms. The van der Waals surface area contributed by atoms with Crippen molar-refractivity contribution >= 4 is 32.4 Å². The number of methoxy groups -OCH3 is 1. The number of nitrogens with one attached hydrogen (secondary N) is 1. The van der Waals surface area contributed by atoms with Gasteiger partial charge in [-0.3, -0.25) is 4.79 Å². The third-order valence-electron chi connectivity index (χ3n) is 3.95. The van der Waals surface area contributed by atoms with Crippen LogP contribution in [-0.2, 0) is 21.4 Å². The van der Waals surface area contributed by atoms with Crippen LogP contribution in [0, 0.1) is 5.92 Å². The van der Waals surface area contributed by atoms with Crippen molar-refractivity contribution in [2.24, 2.45) is 5.92 Å². The number of hydrogen-bond acceptors (Lipinski definition) is 10. The van der Waals surface area contributed by atoms with Gasteiger partial charge in [-0.15, -0.1) is 10.2 Å². The number of sulfonamides is 1. The van der Waals surface area contributed by atoms with Gasteiger partial charge in [-0.1, -0.05) is 42.5 Å². The van der Waals surface area contributed by atoms with Crippen LogP contribution in [-0.4, -0.2) is 53.1 Å². The second-order valence-electron chi connectivity index (χ2n) is 6.52. The van der Waals surface area contributed by atoms with Crippen LogP contribution in [0.3, 0.4) is 0 Å². The highest BCUT2D eigenvalue weighted by molar-refractivity contribution is 7.91. The number of rotatable bonds is 8. The van der Waals surface area contributed by atoms with Crippen LogP contribution in [0.25, 0.3) is 11.4 Å². The summed E-state index contributed by atoms with van der Waals surface area (Å²) < 4.78 is 36.6. The van der Waals surface area contributed by atoms with Crippen LogP contribution >= 0.6 is 11.3 Å². The Hall–Kier alpha value is -2.90. The van der Waals surface area contributed by atoms with E-state index in [0.29, 0.717) is 17.1 Å². The molecule has 0 aliphatic rings. The van der Waals surface area contributed by atoms with E-state index in [2.05, 4.69) is 25.7 Å². The summed E-state index contributed by atoms with van der Waals surface area (Å²) in [6.45, 7) is 3.27. The van der Waals surface area contributed by atoms with Gasteiger partial charge in [0.05, 0.1) is 13.7 Å². The third kappa shape index (κ3) is 4.80. The number of carbonyl (C=O) groups is 1. The topological polar surface area (TPSA) is 140 Å². The molecule has 0 saturated carbocycles. The molecule has 3 aromatic rings. The van der Waals surface area contributed by atoms with Gasteiger partial charge in [0.1, 0.15) is 5.75 Å². The van der Waals surface area contributed by atoms with E-state index in [0.717, 1.165) is 15.6 Å². The molecule has 0 radical (unpaired) electrons. The Morgan fingerprint density at radius 2 is 2.10 bits per heavy atom. The predicted molar refractivity (Wildman–Crippen MR) is 108 cm³/mol. The lowest BCUT2D eigenvalue weighted by Gasteiger charge is -2.11. The van der Waals surface area contributed by atoms with Crippen LogP contribution in [0.4, 0.5) is 5.13 Å². The highest BCUT2D eigenvalue weighted by Gasteiger charge is 2.28. The summed E-state index contributed by atoms with van der Waals surface area (Å²) in [6.07, 6.45) is 0. The molecule has 0 aliphatic carbocycles. The van der Waals surface area contributed by atoms with Crippen molar-refractivity contribution in [1.29, 1.82) is 0 Å². The minimum Gasteiger partial charge on any atom is -0.497 e. The second-order valence-corrected chi connectivity index (χ2v) is 9.72. The molecule has 0 spiro atoms. The van der Waals surface area contributed by atoms with E-state index in [9.17, 15) is 13.2 Å². The number of benzene rings is 1. The molecule has 160 valence electrons. The largest absolute Gasteiger partial charge is 0.497 e. The molecule has 0 aliphatic heterocycles. The molecule has 0 bridgehead atoms. The fraction of sp³-hybridized carbons (Fsp3) is 0.353. The number of ether oxygens (including phenoxy) is 1. The minimum absolute atomic E-state index is 0.108. The first kappa shape index (κ1) is 21.8. The Bertz CT molecular complexity index is 1140. The molecule has 3 rings (SSSR count). The van der Waals surface area contributed by atoms with Crippen LogP contribution < -0.4 is 10.1 Å². The lowest BCUT2D eigenvalue weighted by atomic mass is 10.2. The average molecular weight is 453 g/mol. The normalized spacial score (nSPS) is 11.8. The van der Waals surface area contributed by atoms with Gasteiger partial charge >= 0.3 is 0 Å². The Labute approximate surface area is 177 Å². The van der Waals surface area contributed by atoms with Crippen LogP contribution in [0.1, 0.15) is 19.7 Å². The van der Waals surface area contributed by atoms with Gasteiger partial charge in [0, 0.05) is 18.5 Å². The van der Waals surface area contributed by atoms with Crippen LogP contribution in [0.2, 0.25) is 0 Å². The molecule has 1 N–H and O–H groups in total. The SMILES string of the molecule is COc1cccc(-c2noc(CN(C)S(=O)(=O)c3nnc(NC(=O)C(C)C)s3)n2)c1. The molecule has 11 nitrogen and oxygen atoms in total. The fourth-order valence-electron chi connectivity index (χ4n) is 2.22. The lowest BCUT2D eigenvalue weighted by molar-refractivity contribution is -0.118. The summed E-state index contributed by atoms with van der Waals surface area (Å²) in [6, 6.07) is 7.09. The highest BCUT2D eigenvalue weighted by Crippen LogP contribution is 2.25. The number of aromatic nitrogens is 4. The number of anilines is 1. The van der Waals surface area contributed by atoms with Crippen molar-refractivity contribution in [3.8, 4) is 17.1 Å². The minimum atomic E-state index is -3.96. The maximum Gasteiger partial charge on any atom is 0.272 e. The summed E-state index contributed by atoms with van der Waals surface area (Å²) in [5.74, 6) is 0.503. The quantitative estimate of drug-likeness (QED) is 0.508. The van der Waals surface area contributed by atoms with Gasteiger partial charge in [-0.2, -0.15) is 9.29 Å². The van der Waals surface area contributed by atoms with Gasteiger partial charge in [0.2, 0.25) is 27.1 Å². The van der Waals surface area contributed by atoms with E-state index >= 15 is 0 Å². The molecule has 0 atom stereocenters. The summed E-state index contributed by atoms with van der Waals surface area (Å²) in [5.41, 5.74) is 0.671. The van der Waals surface area contributed by atoms with Gasteiger partial charge < -0.3 is 14.6 Å². The number of nitrogens with zero attached hydrogens (tertiary/aromatic N) is 5. The van der Waals surface area contributed by atoms with E-state index < -0.39 is 10.0 Å². The van der Waals surface area contributed by atoms with Gasteiger partial charge in [0.25, 0.3) is 10.0 Å². The Kier molecular flexibility index (Phi) is 6.43. The van der Waals surface area contributed by atoms with Gasteiger partial charge in [-0.25, -0.2) is 8.42 Å². The first-order chi connectivity index (χ1) is 14.2. The molecule has 1 aromatic carbocycles. The molecular weight excluding hydrogens is 432 g/mol. The molecule has 13 heteroatoms. The van der Waals surface area contributed by atoms with E-state index in [4.69, 9.17) is 9.26 Å². The smallest absolute Gasteiger partial charge is 0.272 e. The first-order valence-electron chi connectivity index (χ1n) is 8.78.